The largest absolute Gasteiger partial charge is 0.480 e. The first kappa shape index (κ1) is 42.7. The van der Waals surface area contributed by atoms with Crippen LogP contribution in [0.2, 0.25) is 0 Å². The van der Waals surface area contributed by atoms with Crippen molar-refractivity contribution in [3.8, 4) is 0 Å². The number of ether oxygens (including phenoxy) is 1. The molecule has 2 aromatic rings. The van der Waals surface area contributed by atoms with Gasteiger partial charge in [-0.15, -0.1) is 12.4 Å². The number of aliphatic carboxylic acids is 2. The second-order valence-corrected chi connectivity index (χ2v) is 9.84. The standard InChI is InChI=1S/C15H19FN2O6.C10H11FN2O4.C2H6.CH4.ClH/c1-8(9-5-6-11(18(22)23)10(16)7-9)12(13(19)20)17-14(21)24-15(2,3)4;1-5(9(12)10(14)15)6-2-3-8(13(16)17)7(11)4-6;1-2;;/h5-8,12H,1-4H3,(H,17,21)(H,19,20);2-5,9H,12H2,1H3,(H,14,15);1-2H3;1H4;1H/t8-,12+;5-,9+;;;/m00.../s1/i;;1D;;. The number of hydrogen-bond donors (Lipinski definition) is 4. The van der Waals surface area contributed by atoms with E-state index in [-0.39, 0.29) is 25.4 Å². The lowest BCUT2D eigenvalue weighted by atomic mass is 9.93. The van der Waals surface area contributed by atoms with Gasteiger partial charge in [0.15, 0.2) is 0 Å². The smallest absolute Gasteiger partial charge is 0.408 e. The number of nitrogens with one attached hydrogen (secondary N) is 1. The van der Waals surface area contributed by atoms with Gasteiger partial charge in [0.25, 0.3) is 0 Å². The summed E-state index contributed by atoms with van der Waals surface area (Å²) in [5.41, 5.74) is 3.72. The van der Waals surface area contributed by atoms with Crippen LogP contribution in [0.4, 0.5) is 25.0 Å². The van der Waals surface area contributed by atoms with Crippen molar-refractivity contribution in [3.05, 3.63) is 79.4 Å². The van der Waals surface area contributed by atoms with Gasteiger partial charge in [-0.3, -0.25) is 25.0 Å². The highest BCUT2D eigenvalue weighted by atomic mass is 35.5. The minimum atomic E-state index is -1.39. The number of nitrogens with zero attached hydrogens (tertiary/aromatic N) is 2. The predicted molar refractivity (Wildman–Crippen MR) is 165 cm³/mol. The molecule has 0 unspecified atom stereocenters. The number of carbonyl (C=O) groups excluding carboxylic acids is 1. The van der Waals surface area contributed by atoms with Crippen LogP contribution >= 0.6 is 12.4 Å². The van der Waals surface area contributed by atoms with Crippen LogP contribution in [0.25, 0.3) is 0 Å². The average molecular weight is 668 g/mol. The number of benzene rings is 2. The third-order valence-electron chi connectivity index (χ3n) is 5.65. The fourth-order valence-electron chi connectivity index (χ4n) is 3.36. The molecule has 0 fully saturated rings. The van der Waals surface area contributed by atoms with Crippen LogP contribution in [-0.4, -0.2) is 55.8 Å². The third kappa shape index (κ3) is 14.3. The Kier molecular flexibility index (Phi) is 18.7. The molecule has 0 aromatic heterocycles. The molecule has 14 nitrogen and oxygen atoms in total. The molecule has 0 aliphatic heterocycles. The van der Waals surface area contributed by atoms with E-state index in [1.807, 2.05) is 0 Å². The molecule has 0 radical (unpaired) electrons. The Balaban J connectivity index is -0.000000741. The Hall–Kier alpha value is -4.44. The number of carbonyl (C=O) groups is 3. The first-order valence-electron chi connectivity index (χ1n) is 13.3. The molecular formula is C28H41ClF2N4O10. The number of nitro benzene ring substituents is 2. The van der Waals surface area contributed by atoms with Crippen LogP contribution in [0.5, 0.6) is 0 Å². The number of carboxylic acid groups (broad SMARTS) is 2. The Labute approximate surface area is 267 Å². The topological polar surface area (TPSA) is 225 Å². The fourth-order valence-corrected chi connectivity index (χ4v) is 3.36. The lowest BCUT2D eigenvalue weighted by Gasteiger charge is -2.25. The minimum Gasteiger partial charge on any atom is -0.480 e. The van der Waals surface area contributed by atoms with Crippen molar-refractivity contribution in [2.45, 2.75) is 85.4 Å². The van der Waals surface area contributed by atoms with Crippen LogP contribution in [0.1, 0.15) is 80.2 Å². The van der Waals surface area contributed by atoms with Gasteiger partial charge >= 0.3 is 29.4 Å². The van der Waals surface area contributed by atoms with Gasteiger partial charge in [0, 0.05) is 25.3 Å². The monoisotopic (exact) mass is 667 g/mol. The molecule has 0 spiro atoms. The number of nitrogens with two attached hydrogens (primary N) is 1. The van der Waals surface area contributed by atoms with Crippen LogP contribution in [0.3, 0.4) is 0 Å². The summed E-state index contributed by atoms with van der Waals surface area (Å²) in [4.78, 5) is 53.1. The van der Waals surface area contributed by atoms with E-state index in [1.165, 1.54) is 26.0 Å². The lowest BCUT2D eigenvalue weighted by Crippen LogP contribution is -2.46. The third-order valence-corrected chi connectivity index (χ3v) is 5.65. The van der Waals surface area contributed by atoms with Crippen molar-refractivity contribution in [1.82, 2.24) is 5.32 Å². The minimum absolute atomic E-state index is 0. The van der Waals surface area contributed by atoms with Crippen molar-refractivity contribution in [3.63, 3.8) is 0 Å². The maximum atomic E-state index is 13.7. The zero-order chi connectivity index (χ0) is 34.5. The van der Waals surface area contributed by atoms with Crippen LogP contribution < -0.4 is 11.1 Å². The molecule has 0 heterocycles. The van der Waals surface area contributed by atoms with Crippen molar-refractivity contribution in [2.24, 2.45) is 5.73 Å². The summed E-state index contributed by atoms with van der Waals surface area (Å²) < 4.78 is 38.2. The number of halogens is 3. The van der Waals surface area contributed by atoms with Gasteiger partial charge < -0.3 is 26.0 Å². The molecule has 1 amide bonds. The summed E-state index contributed by atoms with van der Waals surface area (Å²) in [6, 6.07) is 3.74. The van der Waals surface area contributed by atoms with E-state index in [0.717, 1.165) is 24.3 Å². The van der Waals surface area contributed by atoms with Crippen LogP contribution in [0.15, 0.2) is 36.4 Å². The van der Waals surface area contributed by atoms with Crippen LogP contribution in [0, 0.1) is 31.9 Å². The number of amides is 1. The molecule has 0 aliphatic rings. The number of carboxylic acids is 2. The molecule has 5 N–H and O–H groups in total. The normalized spacial score (nSPS) is 13.0. The highest BCUT2D eigenvalue weighted by Gasteiger charge is 2.31. The maximum absolute atomic E-state index is 13.7. The molecule has 2 aromatic carbocycles. The van der Waals surface area contributed by atoms with Crippen molar-refractivity contribution in [1.29, 1.82) is 0 Å². The first-order valence-corrected chi connectivity index (χ1v) is 12.6. The highest BCUT2D eigenvalue weighted by Crippen LogP contribution is 2.26. The Morgan fingerprint density at radius 1 is 0.933 bits per heavy atom. The van der Waals surface area contributed by atoms with E-state index in [0.29, 0.717) is 12.5 Å². The Morgan fingerprint density at radius 2 is 1.31 bits per heavy atom. The zero-order valence-corrected chi connectivity index (χ0v) is 25.6. The van der Waals surface area contributed by atoms with Gasteiger partial charge in [-0.05, 0) is 44.0 Å². The van der Waals surface area contributed by atoms with E-state index in [2.05, 4.69) is 5.32 Å². The van der Waals surface area contributed by atoms with Gasteiger partial charge in [0.05, 0.1) is 9.85 Å². The van der Waals surface area contributed by atoms with E-state index in [9.17, 15) is 48.5 Å². The first-order chi connectivity index (χ1) is 20.2. The summed E-state index contributed by atoms with van der Waals surface area (Å²) in [7, 11) is 0. The maximum Gasteiger partial charge on any atom is 0.408 e. The molecule has 2 rings (SSSR count). The van der Waals surface area contributed by atoms with E-state index in [4.69, 9.17) is 16.9 Å². The molecule has 0 saturated heterocycles. The molecular weight excluding hydrogens is 626 g/mol. The summed E-state index contributed by atoms with van der Waals surface area (Å²) >= 11 is 0. The van der Waals surface area contributed by atoms with Gasteiger partial charge in [-0.2, -0.15) is 8.78 Å². The SMILES string of the molecule is C.C[C@@H](c1ccc([N+](=O)[O-])c(F)c1)[C@@H](N)C(=O)O.C[C@@H](c1ccc([N+](=O)[O-])c(F)c1)[C@@H](NC(=O)OC(C)(C)C)C(=O)O.Cl.[2H]CC. The van der Waals surface area contributed by atoms with E-state index in [1.54, 1.807) is 27.7 Å². The Morgan fingerprint density at radius 3 is 1.60 bits per heavy atom. The Bertz CT molecular complexity index is 1350. The van der Waals surface area contributed by atoms with E-state index < -0.39 is 80.4 Å². The molecule has 254 valence electrons. The molecule has 0 aliphatic carbocycles. The van der Waals surface area contributed by atoms with E-state index >= 15 is 0 Å². The quantitative estimate of drug-likeness (QED) is 0.175. The number of nitro groups is 2. The summed E-state index contributed by atoms with van der Waals surface area (Å²) in [6.07, 6.45) is -0.927. The summed E-state index contributed by atoms with van der Waals surface area (Å²) in [5.74, 6) is -6.11. The summed E-state index contributed by atoms with van der Waals surface area (Å²) in [6.45, 7) is 10.1. The molecule has 0 bridgehead atoms. The zero-order valence-electron chi connectivity index (χ0n) is 25.8. The number of rotatable bonds is 9. The predicted octanol–water partition coefficient (Wildman–Crippen LogP) is 6.15. The number of alkyl carbamates (subject to hydrolysis) is 1. The van der Waals surface area contributed by atoms with Gasteiger partial charge in [0.1, 0.15) is 17.7 Å². The van der Waals surface area contributed by atoms with Gasteiger partial charge in [0.2, 0.25) is 11.6 Å². The second kappa shape index (κ2) is 19.8. The van der Waals surface area contributed by atoms with Crippen molar-refractivity contribution in [2.75, 3.05) is 0 Å². The summed E-state index contributed by atoms with van der Waals surface area (Å²) in [5, 5.41) is 41.2. The van der Waals surface area contributed by atoms with Gasteiger partial charge in [-0.25, -0.2) is 9.59 Å². The molecule has 17 heteroatoms. The van der Waals surface area contributed by atoms with Crippen LogP contribution in [-0.2, 0) is 14.3 Å². The van der Waals surface area contributed by atoms with Gasteiger partial charge in [-0.1, -0.05) is 47.2 Å². The second-order valence-electron chi connectivity index (χ2n) is 9.84. The van der Waals surface area contributed by atoms with Crippen molar-refractivity contribution >= 4 is 41.8 Å². The molecule has 45 heavy (non-hydrogen) atoms. The lowest BCUT2D eigenvalue weighted by molar-refractivity contribution is -0.387. The molecule has 0 saturated carbocycles. The average Bonchev–Trinajstić information content (AvgIpc) is 2.89. The van der Waals surface area contributed by atoms with Crippen molar-refractivity contribution < 1.29 is 49.3 Å². The highest BCUT2D eigenvalue weighted by molar-refractivity contribution is 5.85. The molecule has 4 atom stereocenters. The fraction of sp³-hybridized carbons (Fsp3) is 0.464. The number of hydrogen-bond acceptors (Lipinski definition) is 9.